The Kier molecular flexibility index (Phi) is 6.82. The molecular formula is C29H28Cl2N4S. The van der Waals surface area contributed by atoms with E-state index in [1.54, 1.807) is 6.07 Å². The first-order chi connectivity index (χ1) is 17.3. The minimum absolute atomic E-state index is 0.0941. The Bertz CT molecular complexity index is 1410. The number of halogens is 2. The van der Waals surface area contributed by atoms with E-state index in [9.17, 15) is 0 Å². The molecule has 36 heavy (non-hydrogen) atoms. The summed E-state index contributed by atoms with van der Waals surface area (Å²) in [5, 5.41) is 5.47. The molecule has 184 valence electrons. The molecule has 0 amide bonds. The van der Waals surface area contributed by atoms with Crippen LogP contribution >= 0.6 is 35.4 Å². The van der Waals surface area contributed by atoms with Gasteiger partial charge in [0.1, 0.15) is 0 Å². The fourth-order valence-corrected chi connectivity index (χ4v) is 5.93. The largest absolute Gasteiger partial charge is 0.351 e. The zero-order valence-electron chi connectivity index (χ0n) is 20.7. The van der Waals surface area contributed by atoms with Crippen molar-refractivity contribution in [2.75, 3.05) is 4.90 Å². The second-order valence-corrected chi connectivity index (χ2v) is 10.7. The highest BCUT2D eigenvalue weighted by Crippen LogP contribution is 2.44. The van der Waals surface area contributed by atoms with Gasteiger partial charge in [0.25, 0.3) is 0 Å². The average molecular weight is 536 g/mol. The van der Waals surface area contributed by atoms with Crippen LogP contribution in [0.5, 0.6) is 0 Å². The van der Waals surface area contributed by atoms with Crippen molar-refractivity contribution in [3.63, 3.8) is 0 Å². The van der Waals surface area contributed by atoms with Crippen molar-refractivity contribution in [3.8, 4) is 5.69 Å². The molecule has 2 aromatic heterocycles. The SMILES string of the molecule is Cc1cc([C@H]2[C@H](c3ccccn3)NC(=S)N2c2ccc(C(C)C)cc2)c(C)n1-c1ccc(Cl)cc1Cl. The number of aryl methyl sites for hydroxylation is 1. The van der Waals surface area contributed by atoms with E-state index in [0.717, 1.165) is 34.0 Å². The van der Waals surface area contributed by atoms with Crippen molar-refractivity contribution >= 4 is 46.2 Å². The summed E-state index contributed by atoms with van der Waals surface area (Å²) in [7, 11) is 0. The van der Waals surface area contributed by atoms with Gasteiger partial charge in [-0.1, -0.05) is 55.2 Å². The van der Waals surface area contributed by atoms with E-state index in [-0.39, 0.29) is 12.1 Å². The summed E-state index contributed by atoms with van der Waals surface area (Å²) in [5.74, 6) is 0.461. The molecule has 4 aromatic rings. The van der Waals surface area contributed by atoms with Crippen LogP contribution in [0.1, 0.15) is 60.1 Å². The number of hydrogen-bond acceptors (Lipinski definition) is 2. The maximum atomic E-state index is 6.63. The summed E-state index contributed by atoms with van der Waals surface area (Å²) in [5.41, 5.74) is 7.53. The quantitative estimate of drug-likeness (QED) is 0.262. The molecule has 1 aliphatic rings. The van der Waals surface area contributed by atoms with Crippen molar-refractivity contribution in [2.24, 2.45) is 0 Å². The van der Waals surface area contributed by atoms with Gasteiger partial charge in [0.05, 0.1) is 28.5 Å². The number of nitrogens with one attached hydrogen (secondary N) is 1. The zero-order chi connectivity index (χ0) is 25.6. The van der Waals surface area contributed by atoms with Crippen molar-refractivity contribution < 1.29 is 0 Å². The molecule has 1 aliphatic heterocycles. The van der Waals surface area contributed by atoms with Gasteiger partial charge >= 0.3 is 0 Å². The number of aromatic nitrogens is 2. The van der Waals surface area contributed by atoms with Crippen LogP contribution in [0.2, 0.25) is 10.0 Å². The summed E-state index contributed by atoms with van der Waals surface area (Å²) in [6.07, 6.45) is 1.83. The Hall–Kier alpha value is -2.86. The highest BCUT2D eigenvalue weighted by molar-refractivity contribution is 7.80. The van der Waals surface area contributed by atoms with Crippen molar-refractivity contribution in [1.29, 1.82) is 0 Å². The van der Waals surface area contributed by atoms with Crippen LogP contribution in [0.4, 0.5) is 5.69 Å². The zero-order valence-corrected chi connectivity index (χ0v) is 23.0. The lowest BCUT2D eigenvalue weighted by Crippen LogP contribution is -2.29. The Labute approximate surface area is 227 Å². The molecule has 5 rings (SSSR count). The fourth-order valence-electron chi connectivity index (χ4n) is 5.09. The average Bonchev–Trinajstić information content (AvgIpc) is 3.35. The van der Waals surface area contributed by atoms with Gasteiger partial charge < -0.3 is 14.8 Å². The van der Waals surface area contributed by atoms with Crippen molar-refractivity contribution in [2.45, 2.75) is 45.7 Å². The summed E-state index contributed by atoms with van der Waals surface area (Å²) in [6, 6.07) is 22.3. The Morgan fingerprint density at radius 1 is 0.972 bits per heavy atom. The first kappa shape index (κ1) is 24.8. The van der Waals surface area contributed by atoms with Gasteiger partial charge in [0.2, 0.25) is 0 Å². The smallest absolute Gasteiger partial charge is 0.174 e. The minimum Gasteiger partial charge on any atom is -0.351 e. The van der Waals surface area contributed by atoms with Gasteiger partial charge in [-0.25, -0.2) is 0 Å². The van der Waals surface area contributed by atoms with Crippen LogP contribution in [-0.4, -0.2) is 14.7 Å². The number of anilines is 1. The van der Waals surface area contributed by atoms with E-state index < -0.39 is 0 Å². The first-order valence-electron chi connectivity index (χ1n) is 12.0. The van der Waals surface area contributed by atoms with Gasteiger partial charge in [0.15, 0.2) is 5.11 Å². The number of hydrogen-bond donors (Lipinski definition) is 1. The lowest BCUT2D eigenvalue weighted by Gasteiger charge is -2.28. The second-order valence-electron chi connectivity index (χ2n) is 9.50. The predicted octanol–water partition coefficient (Wildman–Crippen LogP) is 8.10. The molecule has 1 saturated heterocycles. The molecule has 2 aromatic carbocycles. The van der Waals surface area contributed by atoms with Crippen LogP contribution in [0.15, 0.2) is 72.9 Å². The van der Waals surface area contributed by atoms with Crippen LogP contribution in [0.25, 0.3) is 5.69 Å². The normalized spacial score (nSPS) is 17.6. The van der Waals surface area contributed by atoms with Crippen LogP contribution in [0, 0.1) is 13.8 Å². The molecule has 0 saturated carbocycles. The molecular weight excluding hydrogens is 507 g/mol. The molecule has 0 radical (unpaired) electrons. The van der Waals surface area contributed by atoms with Gasteiger partial charge in [-0.05, 0) is 91.6 Å². The number of thiocarbonyl (C=S) groups is 1. The highest BCUT2D eigenvalue weighted by atomic mass is 35.5. The Morgan fingerprint density at radius 3 is 2.36 bits per heavy atom. The Morgan fingerprint density at radius 2 is 1.72 bits per heavy atom. The van der Waals surface area contributed by atoms with Crippen molar-refractivity contribution in [1.82, 2.24) is 14.9 Å². The summed E-state index contributed by atoms with van der Waals surface area (Å²) in [6.45, 7) is 8.63. The van der Waals surface area contributed by atoms with E-state index in [4.69, 9.17) is 35.4 Å². The topological polar surface area (TPSA) is 33.1 Å². The van der Waals surface area contributed by atoms with Gasteiger partial charge in [0, 0.05) is 28.3 Å². The molecule has 0 unspecified atom stereocenters. The Balaban J connectivity index is 1.67. The summed E-state index contributed by atoms with van der Waals surface area (Å²) < 4.78 is 2.19. The van der Waals surface area contributed by atoms with Gasteiger partial charge in [-0.15, -0.1) is 0 Å². The first-order valence-corrected chi connectivity index (χ1v) is 13.2. The van der Waals surface area contributed by atoms with E-state index >= 15 is 0 Å². The van der Waals surface area contributed by atoms with E-state index in [0.29, 0.717) is 21.1 Å². The second kappa shape index (κ2) is 9.89. The number of nitrogens with zero attached hydrogens (tertiary/aromatic N) is 3. The summed E-state index contributed by atoms with van der Waals surface area (Å²) in [4.78, 5) is 6.90. The highest BCUT2D eigenvalue weighted by Gasteiger charge is 2.42. The third-order valence-electron chi connectivity index (χ3n) is 6.88. The standard InChI is InChI=1S/C29H28Cl2N4S/c1-17(2)20-8-11-22(12-9-20)35-28(27(33-29(35)36)25-7-5-6-14-32-25)23-15-18(3)34(19(23)4)26-13-10-21(30)16-24(26)31/h5-17,27-28H,1-4H3,(H,33,36)/t27-,28-/m0/s1. The number of pyridine rings is 1. The molecule has 2 atom stereocenters. The van der Waals surface area contributed by atoms with E-state index in [1.807, 2.05) is 36.5 Å². The molecule has 3 heterocycles. The predicted molar refractivity (Wildman–Crippen MR) is 154 cm³/mol. The fraction of sp³-hybridized carbons (Fsp3) is 0.241. The van der Waals surface area contributed by atoms with Crippen molar-refractivity contribution in [3.05, 3.63) is 111 Å². The molecule has 7 heteroatoms. The maximum absolute atomic E-state index is 6.63. The van der Waals surface area contributed by atoms with Crippen LogP contribution < -0.4 is 10.2 Å². The molecule has 1 N–H and O–H groups in total. The van der Waals surface area contributed by atoms with E-state index in [2.05, 4.69) is 77.8 Å². The molecule has 0 spiro atoms. The van der Waals surface area contributed by atoms with Crippen LogP contribution in [-0.2, 0) is 0 Å². The number of benzene rings is 2. The maximum Gasteiger partial charge on any atom is 0.174 e. The van der Waals surface area contributed by atoms with Gasteiger partial charge in [-0.2, -0.15) is 0 Å². The lowest BCUT2D eigenvalue weighted by atomic mass is 9.96. The monoisotopic (exact) mass is 534 g/mol. The third kappa shape index (κ3) is 4.40. The van der Waals surface area contributed by atoms with Gasteiger partial charge in [-0.3, -0.25) is 4.98 Å². The molecule has 4 nitrogen and oxygen atoms in total. The molecule has 0 bridgehead atoms. The number of rotatable bonds is 5. The summed E-state index contributed by atoms with van der Waals surface area (Å²) >= 11 is 18.7. The third-order valence-corrected chi connectivity index (χ3v) is 7.73. The molecule has 1 fully saturated rings. The van der Waals surface area contributed by atoms with E-state index in [1.165, 1.54) is 5.56 Å². The molecule has 0 aliphatic carbocycles. The van der Waals surface area contributed by atoms with Crippen LogP contribution in [0.3, 0.4) is 0 Å². The lowest BCUT2D eigenvalue weighted by molar-refractivity contribution is 0.565. The minimum atomic E-state index is -0.113.